The summed E-state index contributed by atoms with van der Waals surface area (Å²) < 4.78 is 24.2. The van der Waals surface area contributed by atoms with Crippen LogP contribution in [0.3, 0.4) is 0 Å². The van der Waals surface area contributed by atoms with Gasteiger partial charge in [-0.3, -0.25) is 4.90 Å². The van der Waals surface area contributed by atoms with Crippen molar-refractivity contribution >= 4 is 25.8 Å². The largest absolute Gasteiger partial charge is 0.316 e. The Balaban J connectivity index is 2.03. The van der Waals surface area contributed by atoms with Crippen LogP contribution in [-0.4, -0.2) is 45.0 Å². The third kappa shape index (κ3) is 4.04. The predicted molar refractivity (Wildman–Crippen MR) is 85.4 cm³/mol. The minimum atomic E-state index is -2.82. The summed E-state index contributed by atoms with van der Waals surface area (Å²) in [5.41, 5.74) is 2.42. The van der Waals surface area contributed by atoms with E-state index < -0.39 is 9.84 Å². The van der Waals surface area contributed by atoms with Gasteiger partial charge >= 0.3 is 0 Å². The first kappa shape index (κ1) is 15.9. The molecule has 1 aliphatic heterocycles. The minimum Gasteiger partial charge on any atom is -0.316 e. The van der Waals surface area contributed by atoms with Gasteiger partial charge in [0.2, 0.25) is 0 Å². The number of nitrogens with one attached hydrogen (secondary N) is 1. The zero-order valence-electron chi connectivity index (χ0n) is 11.9. The Hall–Kier alpha value is -0.430. The van der Waals surface area contributed by atoms with Crippen molar-refractivity contribution < 1.29 is 8.42 Å². The van der Waals surface area contributed by atoms with Crippen LogP contribution in [0.4, 0.5) is 0 Å². The van der Waals surface area contributed by atoms with Crippen LogP contribution in [0.25, 0.3) is 0 Å². The first-order valence-corrected chi connectivity index (χ1v) is 9.35. The van der Waals surface area contributed by atoms with Gasteiger partial charge in [-0.2, -0.15) is 0 Å². The summed E-state index contributed by atoms with van der Waals surface area (Å²) in [5, 5.41) is 3.13. The van der Waals surface area contributed by atoms with Gasteiger partial charge in [-0.05, 0) is 37.7 Å². The molecule has 1 atom stereocenters. The van der Waals surface area contributed by atoms with Crippen LogP contribution in [0.5, 0.6) is 0 Å². The number of rotatable bonds is 5. The summed E-state index contributed by atoms with van der Waals surface area (Å²) in [4.78, 5) is 2.14. The number of hydrogen-bond acceptors (Lipinski definition) is 4. The van der Waals surface area contributed by atoms with E-state index in [9.17, 15) is 8.42 Å². The highest BCUT2D eigenvalue weighted by atomic mass is 79.9. The number of benzene rings is 1. The molecule has 0 amide bonds. The summed E-state index contributed by atoms with van der Waals surface area (Å²) >= 11 is 3.60. The monoisotopic (exact) mass is 360 g/mol. The average molecular weight is 361 g/mol. The Morgan fingerprint density at radius 2 is 2.20 bits per heavy atom. The zero-order chi connectivity index (χ0) is 14.8. The van der Waals surface area contributed by atoms with E-state index >= 15 is 0 Å². The summed E-state index contributed by atoms with van der Waals surface area (Å²) in [6, 6.07) is 6.47. The highest BCUT2D eigenvalue weighted by Gasteiger charge is 2.30. The summed E-state index contributed by atoms with van der Waals surface area (Å²) in [6.07, 6.45) is 0.744. The second-order valence-electron chi connectivity index (χ2n) is 5.43. The quantitative estimate of drug-likeness (QED) is 0.869. The lowest BCUT2D eigenvalue weighted by atomic mass is 10.1. The van der Waals surface area contributed by atoms with E-state index in [0.717, 1.165) is 24.0 Å². The van der Waals surface area contributed by atoms with Crippen LogP contribution < -0.4 is 5.32 Å². The van der Waals surface area contributed by atoms with Gasteiger partial charge in [0.25, 0.3) is 0 Å². The van der Waals surface area contributed by atoms with Crippen LogP contribution in [-0.2, 0) is 22.9 Å². The molecule has 0 saturated carbocycles. The van der Waals surface area contributed by atoms with Crippen molar-refractivity contribution in [2.45, 2.75) is 25.6 Å². The zero-order valence-corrected chi connectivity index (χ0v) is 14.3. The van der Waals surface area contributed by atoms with Crippen LogP contribution in [0, 0.1) is 0 Å². The van der Waals surface area contributed by atoms with Gasteiger partial charge in [0.1, 0.15) is 0 Å². The molecule has 1 heterocycles. The molecule has 0 bridgehead atoms. The van der Waals surface area contributed by atoms with Crippen molar-refractivity contribution in [3.63, 3.8) is 0 Å². The molecule has 2 rings (SSSR count). The molecular weight excluding hydrogens is 340 g/mol. The molecule has 1 aromatic rings. The van der Waals surface area contributed by atoms with Gasteiger partial charge < -0.3 is 5.32 Å². The first-order valence-electron chi connectivity index (χ1n) is 6.74. The van der Waals surface area contributed by atoms with Crippen molar-refractivity contribution in [3.8, 4) is 0 Å². The SMILES string of the molecule is CNCc1ccc(CN(C)C2CCS(=O)(=O)C2)c(Br)c1. The van der Waals surface area contributed by atoms with Crippen LogP contribution in [0.15, 0.2) is 22.7 Å². The molecule has 0 radical (unpaired) electrons. The van der Waals surface area contributed by atoms with Crippen molar-refractivity contribution in [3.05, 3.63) is 33.8 Å². The Kier molecular flexibility index (Phi) is 5.23. The summed E-state index contributed by atoms with van der Waals surface area (Å²) in [6.45, 7) is 1.61. The molecule has 1 aromatic carbocycles. The lowest BCUT2D eigenvalue weighted by Crippen LogP contribution is -2.32. The second kappa shape index (κ2) is 6.56. The van der Waals surface area contributed by atoms with E-state index in [1.165, 1.54) is 11.1 Å². The van der Waals surface area contributed by atoms with Crippen LogP contribution in [0.2, 0.25) is 0 Å². The van der Waals surface area contributed by atoms with E-state index in [4.69, 9.17) is 0 Å². The molecule has 0 aromatic heterocycles. The fourth-order valence-corrected chi connectivity index (χ4v) is 4.91. The van der Waals surface area contributed by atoms with Crippen LogP contribution in [0.1, 0.15) is 17.5 Å². The third-order valence-electron chi connectivity index (χ3n) is 3.75. The van der Waals surface area contributed by atoms with Gasteiger partial charge in [-0.1, -0.05) is 28.1 Å². The maximum absolute atomic E-state index is 11.5. The molecule has 112 valence electrons. The van der Waals surface area contributed by atoms with Gasteiger partial charge in [0, 0.05) is 23.6 Å². The smallest absolute Gasteiger partial charge is 0.151 e. The van der Waals surface area contributed by atoms with Crippen LogP contribution >= 0.6 is 15.9 Å². The molecule has 0 aliphatic carbocycles. The van der Waals surface area contributed by atoms with Crippen molar-refractivity contribution in [2.75, 3.05) is 25.6 Å². The highest BCUT2D eigenvalue weighted by molar-refractivity contribution is 9.10. The summed E-state index contributed by atoms with van der Waals surface area (Å²) in [5.74, 6) is 0.614. The summed E-state index contributed by atoms with van der Waals surface area (Å²) in [7, 11) is 1.11. The topological polar surface area (TPSA) is 49.4 Å². The molecule has 1 fully saturated rings. The standard InChI is InChI=1S/C14H21BrN2O2S/c1-16-8-11-3-4-12(14(15)7-11)9-17(2)13-5-6-20(18,19)10-13/h3-4,7,13,16H,5-6,8-10H2,1-2H3. The lowest BCUT2D eigenvalue weighted by molar-refractivity contribution is 0.253. The van der Waals surface area contributed by atoms with E-state index in [2.05, 4.69) is 44.3 Å². The maximum Gasteiger partial charge on any atom is 0.151 e. The first-order chi connectivity index (χ1) is 9.41. The van der Waals surface area contributed by atoms with E-state index in [-0.39, 0.29) is 6.04 Å². The van der Waals surface area contributed by atoms with E-state index in [1.54, 1.807) is 0 Å². The number of nitrogens with zero attached hydrogens (tertiary/aromatic N) is 1. The lowest BCUT2D eigenvalue weighted by Gasteiger charge is -2.23. The molecule has 0 spiro atoms. The molecule has 1 aliphatic rings. The molecule has 1 unspecified atom stereocenters. The number of halogens is 1. The molecule has 20 heavy (non-hydrogen) atoms. The van der Waals surface area contributed by atoms with Gasteiger partial charge in [-0.15, -0.1) is 0 Å². The predicted octanol–water partition coefficient (Wildman–Crippen LogP) is 1.79. The second-order valence-corrected chi connectivity index (χ2v) is 8.51. The third-order valence-corrected chi connectivity index (χ3v) is 6.24. The normalized spacial score (nSPS) is 21.5. The van der Waals surface area contributed by atoms with Crippen molar-refractivity contribution in [1.29, 1.82) is 0 Å². The van der Waals surface area contributed by atoms with Gasteiger partial charge in [-0.25, -0.2) is 8.42 Å². The molecular formula is C14H21BrN2O2S. The fraction of sp³-hybridized carbons (Fsp3) is 0.571. The number of hydrogen-bond donors (Lipinski definition) is 1. The molecule has 6 heteroatoms. The Morgan fingerprint density at radius 1 is 1.45 bits per heavy atom. The maximum atomic E-state index is 11.5. The minimum absolute atomic E-state index is 0.142. The van der Waals surface area contributed by atoms with Gasteiger partial charge in [0.15, 0.2) is 9.84 Å². The fourth-order valence-electron chi connectivity index (χ4n) is 2.55. The van der Waals surface area contributed by atoms with E-state index in [0.29, 0.717) is 11.5 Å². The highest BCUT2D eigenvalue weighted by Crippen LogP contribution is 2.23. The molecule has 1 saturated heterocycles. The van der Waals surface area contributed by atoms with Crippen molar-refractivity contribution in [2.24, 2.45) is 0 Å². The number of sulfone groups is 1. The average Bonchev–Trinajstić information content (AvgIpc) is 2.73. The Labute approximate surface area is 129 Å². The molecule has 1 N–H and O–H groups in total. The Morgan fingerprint density at radius 3 is 2.75 bits per heavy atom. The van der Waals surface area contributed by atoms with E-state index in [1.807, 2.05) is 14.1 Å². The van der Waals surface area contributed by atoms with Crippen molar-refractivity contribution in [1.82, 2.24) is 10.2 Å². The molecule has 4 nitrogen and oxygen atoms in total. The Bertz CT molecular complexity index is 575. The van der Waals surface area contributed by atoms with Gasteiger partial charge in [0.05, 0.1) is 11.5 Å².